The molecule has 1 amide bonds. The Balaban J connectivity index is 1.95. The number of rotatable bonds is 9. The third-order valence-electron chi connectivity index (χ3n) is 5.18. The van der Waals surface area contributed by atoms with Gasteiger partial charge in [0.1, 0.15) is 11.3 Å². The maximum atomic E-state index is 12.2. The number of carbonyl (C=O) groups excluding carboxylic acids is 1. The predicted octanol–water partition coefficient (Wildman–Crippen LogP) is 3.47. The van der Waals surface area contributed by atoms with Gasteiger partial charge in [-0.2, -0.15) is 0 Å². The van der Waals surface area contributed by atoms with Crippen LogP contribution in [-0.2, 0) is 11.3 Å². The molecule has 9 heteroatoms. The van der Waals surface area contributed by atoms with E-state index in [0.717, 1.165) is 31.5 Å². The highest BCUT2D eigenvalue weighted by atomic mass is 16.6. The number of amides is 1. The van der Waals surface area contributed by atoms with Gasteiger partial charge in [-0.3, -0.25) is 15.0 Å². The zero-order valence-electron chi connectivity index (χ0n) is 19.1. The SMILES string of the molecule is CC(CCCO)CNc1cc(CN2CCN(C(=O)OC(C)(C)C)CC2)ccc1[N+](=O)[O-]. The number of hydrogen-bond acceptors (Lipinski definition) is 7. The number of piperazine rings is 1. The molecule has 1 heterocycles. The lowest BCUT2D eigenvalue weighted by Gasteiger charge is -2.35. The quantitative estimate of drug-likeness (QED) is 0.451. The summed E-state index contributed by atoms with van der Waals surface area (Å²) >= 11 is 0. The molecule has 1 atom stereocenters. The second-order valence-corrected chi connectivity index (χ2v) is 9.20. The minimum Gasteiger partial charge on any atom is -0.444 e. The molecule has 0 bridgehead atoms. The van der Waals surface area contributed by atoms with E-state index in [9.17, 15) is 14.9 Å². The van der Waals surface area contributed by atoms with Crippen LogP contribution in [-0.4, -0.2) is 70.9 Å². The average Bonchev–Trinajstić information content (AvgIpc) is 2.69. The van der Waals surface area contributed by atoms with Crippen LogP contribution in [0, 0.1) is 16.0 Å². The average molecular weight is 437 g/mol. The lowest BCUT2D eigenvalue weighted by Crippen LogP contribution is -2.49. The number of nitrogens with zero attached hydrogens (tertiary/aromatic N) is 3. The Kier molecular flexibility index (Phi) is 9.06. The smallest absolute Gasteiger partial charge is 0.410 e. The first-order valence-corrected chi connectivity index (χ1v) is 10.9. The van der Waals surface area contributed by atoms with E-state index in [4.69, 9.17) is 9.84 Å². The van der Waals surface area contributed by atoms with E-state index in [1.165, 1.54) is 0 Å². The van der Waals surface area contributed by atoms with Crippen molar-refractivity contribution in [1.82, 2.24) is 9.80 Å². The summed E-state index contributed by atoms with van der Waals surface area (Å²) in [5, 5.41) is 23.6. The van der Waals surface area contributed by atoms with Gasteiger partial charge in [0.05, 0.1) is 4.92 Å². The molecule has 0 spiro atoms. The number of ether oxygens (including phenoxy) is 1. The number of aliphatic hydroxyl groups excluding tert-OH is 1. The molecule has 2 N–H and O–H groups in total. The van der Waals surface area contributed by atoms with Gasteiger partial charge < -0.3 is 20.1 Å². The van der Waals surface area contributed by atoms with E-state index >= 15 is 0 Å². The Morgan fingerprint density at radius 2 is 1.97 bits per heavy atom. The minimum absolute atomic E-state index is 0.0628. The van der Waals surface area contributed by atoms with Gasteiger partial charge in [0.15, 0.2) is 0 Å². The third kappa shape index (κ3) is 8.34. The molecule has 0 aliphatic carbocycles. The molecular weight excluding hydrogens is 400 g/mol. The van der Waals surface area contributed by atoms with Gasteiger partial charge in [-0.1, -0.05) is 13.0 Å². The summed E-state index contributed by atoms with van der Waals surface area (Å²) in [5.41, 5.74) is 1.06. The van der Waals surface area contributed by atoms with Crippen LogP contribution in [0.4, 0.5) is 16.2 Å². The van der Waals surface area contributed by atoms with Crippen LogP contribution < -0.4 is 5.32 Å². The summed E-state index contributed by atoms with van der Waals surface area (Å²) in [5.74, 6) is 0.302. The summed E-state index contributed by atoms with van der Waals surface area (Å²) in [6.07, 6.45) is 1.29. The number of benzene rings is 1. The van der Waals surface area contributed by atoms with Crippen LogP contribution in [0.5, 0.6) is 0 Å². The Bertz CT molecular complexity index is 742. The molecule has 9 nitrogen and oxygen atoms in total. The number of hydrogen-bond donors (Lipinski definition) is 2. The van der Waals surface area contributed by atoms with Crippen LogP contribution in [0.1, 0.15) is 46.1 Å². The number of nitrogens with one attached hydrogen (secondary N) is 1. The summed E-state index contributed by atoms with van der Waals surface area (Å²) in [7, 11) is 0. The lowest BCUT2D eigenvalue weighted by atomic mass is 10.1. The van der Waals surface area contributed by atoms with E-state index in [-0.39, 0.29) is 23.3 Å². The van der Waals surface area contributed by atoms with Crippen LogP contribution >= 0.6 is 0 Å². The summed E-state index contributed by atoms with van der Waals surface area (Å²) in [6.45, 7) is 11.7. The minimum atomic E-state index is -0.508. The highest BCUT2D eigenvalue weighted by Gasteiger charge is 2.26. The van der Waals surface area contributed by atoms with E-state index in [1.807, 2.05) is 26.8 Å². The Labute approximate surface area is 184 Å². The van der Waals surface area contributed by atoms with E-state index in [2.05, 4.69) is 17.1 Å². The predicted molar refractivity (Wildman–Crippen MR) is 120 cm³/mol. The van der Waals surface area contributed by atoms with E-state index in [0.29, 0.717) is 37.8 Å². The van der Waals surface area contributed by atoms with Crippen LogP contribution in [0.3, 0.4) is 0 Å². The molecule has 2 rings (SSSR count). The first kappa shape index (κ1) is 24.9. The fraction of sp³-hybridized carbons (Fsp3) is 0.682. The zero-order chi connectivity index (χ0) is 23.0. The molecule has 31 heavy (non-hydrogen) atoms. The highest BCUT2D eigenvalue weighted by Crippen LogP contribution is 2.27. The number of nitro groups is 1. The van der Waals surface area contributed by atoms with E-state index in [1.54, 1.807) is 17.0 Å². The second kappa shape index (κ2) is 11.3. The van der Waals surface area contributed by atoms with Gasteiger partial charge in [-0.15, -0.1) is 0 Å². The molecular formula is C22H36N4O5. The summed E-state index contributed by atoms with van der Waals surface area (Å²) in [6, 6.07) is 5.18. The lowest BCUT2D eigenvalue weighted by molar-refractivity contribution is -0.384. The topological polar surface area (TPSA) is 108 Å². The number of aliphatic hydroxyl groups is 1. The molecule has 1 unspecified atom stereocenters. The van der Waals surface area contributed by atoms with E-state index < -0.39 is 5.60 Å². The Morgan fingerprint density at radius 3 is 2.55 bits per heavy atom. The van der Waals surface area contributed by atoms with Gasteiger partial charge >= 0.3 is 6.09 Å². The van der Waals surface area contributed by atoms with Crippen molar-refractivity contribution >= 4 is 17.5 Å². The van der Waals surface area contributed by atoms with Gasteiger partial charge in [-0.25, -0.2) is 4.79 Å². The van der Waals surface area contributed by atoms with Crippen LogP contribution in [0.25, 0.3) is 0 Å². The molecule has 1 aliphatic heterocycles. The first-order chi connectivity index (χ1) is 14.6. The fourth-order valence-corrected chi connectivity index (χ4v) is 3.48. The second-order valence-electron chi connectivity index (χ2n) is 9.20. The molecule has 0 radical (unpaired) electrons. The van der Waals surface area contributed by atoms with Crippen LogP contribution in [0.2, 0.25) is 0 Å². The number of nitro benzene ring substituents is 1. The maximum absolute atomic E-state index is 12.2. The van der Waals surface area contributed by atoms with Crippen molar-refractivity contribution in [2.24, 2.45) is 5.92 Å². The fourth-order valence-electron chi connectivity index (χ4n) is 3.48. The third-order valence-corrected chi connectivity index (χ3v) is 5.18. The molecule has 1 aliphatic rings. The van der Waals surface area contributed by atoms with Gasteiger partial charge in [0, 0.05) is 51.9 Å². The van der Waals surface area contributed by atoms with Crippen molar-refractivity contribution < 1.29 is 19.6 Å². The monoisotopic (exact) mass is 436 g/mol. The van der Waals surface area contributed by atoms with Crippen molar-refractivity contribution in [1.29, 1.82) is 0 Å². The van der Waals surface area contributed by atoms with Crippen LogP contribution in [0.15, 0.2) is 18.2 Å². The maximum Gasteiger partial charge on any atom is 0.410 e. The van der Waals surface area contributed by atoms with Crippen molar-refractivity contribution in [3.05, 3.63) is 33.9 Å². The van der Waals surface area contributed by atoms with Gasteiger partial charge in [-0.05, 0) is 51.2 Å². The first-order valence-electron chi connectivity index (χ1n) is 10.9. The Hall–Kier alpha value is -2.39. The van der Waals surface area contributed by atoms with Crippen molar-refractivity contribution in [3.8, 4) is 0 Å². The van der Waals surface area contributed by atoms with Gasteiger partial charge in [0.25, 0.3) is 5.69 Å². The molecule has 1 aromatic carbocycles. The molecule has 0 saturated carbocycles. The largest absolute Gasteiger partial charge is 0.444 e. The Morgan fingerprint density at radius 1 is 1.29 bits per heavy atom. The van der Waals surface area contributed by atoms with Gasteiger partial charge in [0.2, 0.25) is 0 Å². The van der Waals surface area contributed by atoms with Crippen molar-refractivity contribution in [3.63, 3.8) is 0 Å². The summed E-state index contributed by atoms with van der Waals surface area (Å²) in [4.78, 5) is 27.2. The zero-order valence-corrected chi connectivity index (χ0v) is 19.1. The normalized spacial score (nSPS) is 16.1. The highest BCUT2D eigenvalue weighted by molar-refractivity contribution is 5.68. The number of anilines is 1. The van der Waals surface area contributed by atoms with Crippen molar-refractivity contribution in [2.45, 2.75) is 52.7 Å². The summed E-state index contributed by atoms with van der Waals surface area (Å²) < 4.78 is 5.44. The molecule has 1 aromatic rings. The van der Waals surface area contributed by atoms with Crippen molar-refractivity contribution in [2.75, 3.05) is 44.6 Å². The molecule has 1 fully saturated rings. The molecule has 0 aromatic heterocycles. The standard InChI is InChI=1S/C22H36N4O5/c1-17(6-5-13-27)15-23-19-14-18(7-8-20(19)26(29)30)16-24-9-11-25(12-10-24)21(28)31-22(2,3)4/h7-8,14,17,23,27H,5-6,9-13,15-16H2,1-4H3. The molecule has 174 valence electrons. The number of carbonyl (C=O) groups is 1. The molecule has 1 saturated heterocycles.